The van der Waals surface area contributed by atoms with E-state index in [0.717, 1.165) is 88.7 Å². The fraction of sp³-hybridized carbons (Fsp3) is 0.528. The minimum atomic E-state index is -0.372. The van der Waals surface area contributed by atoms with E-state index in [1.54, 1.807) is 6.07 Å². The zero-order chi connectivity index (χ0) is 31.7. The van der Waals surface area contributed by atoms with Crippen LogP contribution in [0.1, 0.15) is 62.3 Å². The van der Waals surface area contributed by atoms with E-state index in [2.05, 4.69) is 66.0 Å². The smallest absolute Gasteiger partial charge is 0.227 e. The van der Waals surface area contributed by atoms with E-state index in [-0.39, 0.29) is 23.2 Å². The quantitative estimate of drug-likeness (QED) is 0.344. The fourth-order valence-corrected chi connectivity index (χ4v) is 7.81. The molecule has 2 aromatic carbocycles. The topological polar surface area (TPSA) is 88.7 Å². The number of rotatable bonds is 7. The predicted molar refractivity (Wildman–Crippen MR) is 181 cm³/mol. The summed E-state index contributed by atoms with van der Waals surface area (Å²) in [5.74, 6) is 1.38. The number of aromatic nitrogens is 2. The van der Waals surface area contributed by atoms with E-state index >= 15 is 4.39 Å². The summed E-state index contributed by atoms with van der Waals surface area (Å²) < 4.78 is 15.4. The first kappa shape index (κ1) is 30.9. The van der Waals surface area contributed by atoms with E-state index in [1.807, 2.05) is 26.1 Å². The lowest BCUT2D eigenvalue weighted by molar-refractivity contribution is -0.125. The van der Waals surface area contributed by atoms with Crippen LogP contribution in [0.4, 0.5) is 27.4 Å². The molecule has 3 N–H and O–H groups in total. The van der Waals surface area contributed by atoms with Gasteiger partial charge in [0.05, 0.1) is 11.4 Å². The molecule has 46 heavy (non-hydrogen) atoms. The minimum Gasteiger partial charge on any atom is -0.372 e. The van der Waals surface area contributed by atoms with Crippen LogP contribution in [-0.4, -0.2) is 78.7 Å². The number of piperazine rings is 1. The normalized spacial score (nSPS) is 22.3. The molecule has 3 fully saturated rings. The maximum absolute atomic E-state index is 15.4. The van der Waals surface area contributed by atoms with Gasteiger partial charge in [-0.25, -0.2) is 14.4 Å². The van der Waals surface area contributed by atoms with Gasteiger partial charge in [0.1, 0.15) is 5.82 Å². The largest absolute Gasteiger partial charge is 0.372 e. The van der Waals surface area contributed by atoms with Gasteiger partial charge in [-0.3, -0.25) is 9.69 Å². The third-order valence-electron chi connectivity index (χ3n) is 10.5. The van der Waals surface area contributed by atoms with Crippen molar-refractivity contribution in [3.05, 3.63) is 71.3 Å². The number of halogens is 1. The lowest BCUT2D eigenvalue weighted by Gasteiger charge is -2.41. The summed E-state index contributed by atoms with van der Waals surface area (Å²) in [5, 5.41) is 9.82. The van der Waals surface area contributed by atoms with Gasteiger partial charge in [0.15, 0.2) is 0 Å². The molecule has 0 radical (unpaired) electrons. The Morgan fingerprint density at radius 3 is 2.48 bits per heavy atom. The van der Waals surface area contributed by atoms with E-state index in [9.17, 15) is 4.79 Å². The number of anilines is 4. The molecule has 244 valence electrons. The SMILES string of the molecule is CC1(C)NC(=O)CCC1c1ccc(N2CCN(CC3CCN(c4ccc(Nc5ncc6c(n5)CNCC6)cc4)CC3)CC2)c(F)c1. The highest BCUT2D eigenvalue weighted by Gasteiger charge is 2.37. The second-order valence-electron chi connectivity index (χ2n) is 14.1. The molecule has 0 spiro atoms. The van der Waals surface area contributed by atoms with Crippen molar-refractivity contribution in [2.45, 2.75) is 64.0 Å². The molecule has 9 nitrogen and oxygen atoms in total. The number of fused-ring (bicyclic) bond motifs is 1. The van der Waals surface area contributed by atoms with E-state index < -0.39 is 0 Å². The first-order valence-electron chi connectivity index (χ1n) is 17.1. The maximum Gasteiger partial charge on any atom is 0.227 e. The second kappa shape index (κ2) is 13.2. The Morgan fingerprint density at radius 2 is 1.74 bits per heavy atom. The Kier molecular flexibility index (Phi) is 8.83. The molecule has 0 saturated carbocycles. The highest BCUT2D eigenvalue weighted by atomic mass is 19.1. The molecular formula is C36H47FN8O. The number of benzene rings is 2. The van der Waals surface area contributed by atoms with Gasteiger partial charge in [-0.1, -0.05) is 6.07 Å². The minimum absolute atomic E-state index is 0.0795. The standard InChI is InChI=1S/C36H47FN8O/c1-36(2)30(8-10-34(46)42-36)26-3-9-33(31(37)21-26)45-19-17-43(18-20-45)24-25-12-15-44(16-13-25)29-6-4-28(5-7-29)40-35-39-22-27-11-14-38-23-32(27)41-35/h3-7,9,21-22,25,30,38H,8,10-20,23-24H2,1-2H3,(H,42,46)(H,39,40,41). The Bertz CT molecular complexity index is 1530. The van der Waals surface area contributed by atoms with Crippen LogP contribution in [0.3, 0.4) is 0 Å². The van der Waals surface area contributed by atoms with Crippen molar-refractivity contribution < 1.29 is 9.18 Å². The van der Waals surface area contributed by atoms with Gasteiger partial charge in [0.2, 0.25) is 11.9 Å². The van der Waals surface area contributed by atoms with Gasteiger partial charge < -0.3 is 25.8 Å². The number of nitrogens with zero attached hydrogens (tertiary/aromatic N) is 5. The summed E-state index contributed by atoms with van der Waals surface area (Å²) in [4.78, 5) is 28.4. The van der Waals surface area contributed by atoms with Crippen molar-refractivity contribution in [1.29, 1.82) is 0 Å². The number of carbonyl (C=O) groups is 1. The van der Waals surface area contributed by atoms with Crippen LogP contribution in [0, 0.1) is 11.7 Å². The highest BCUT2D eigenvalue weighted by molar-refractivity contribution is 5.78. The van der Waals surface area contributed by atoms with Gasteiger partial charge >= 0.3 is 0 Å². The maximum atomic E-state index is 15.4. The molecule has 1 aromatic heterocycles. The van der Waals surface area contributed by atoms with Gasteiger partial charge in [-0.2, -0.15) is 0 Å². The third kappa shape index (κ3) is 6.83. The molecule has 4 aliphatic heterocycles. The first-order chi connectivity index (χ1) is 22.3. The van der Waals surface area contributed by atoms with Crippen molar-refractivity contribution in [2.75, 3.05) is 67.5 Å². The zero-order valence-corrected chi connectivity index (χ0v) is 27.2. The Balaban J connectivity index is 0.862. The van der Waals surface area contributed by atoms with Crippen LogP contribution in [0.5, 0.6) is 0 Å². The fourth-order valence-electron chi connectivity index (χ4n) is 7.81. The number of hydrogen-bond donors (Lipinski definition) is 3. The summed E-state index contributed by atoms with van der Waals surface area (Å²) in [6.07, 6.45) is 6.55. The van der Waals surface area contributed by atoms with E-state index in [1.165, 1.54) is 24.1 Å². The predicted octanol–water partition coefficient (Wildman–Crippen LogP) is 4.82. The zero-order valence-electron chi connectivity index (χ0n) is 27.2. The molecule has 1 amide bonds. The Labute approximate surface area is 272 Å². The number of carbonyl (C=O) groups excluding carboxylic acids is 1. The van der Waals surface area contributed by atoms with Crippen LogP contribution in [0.15, 0.2) is 48.7 Å². The van der Waals surface area contributed by atoms with Crippen LogP contribution in [-0.2, 0) is 17.8 Å². The van der Waals surface area contributed by atoms with Crippen LogP contribution in [0.2, 0.25) is 0 Å². The molecule has 7 rings (SSSR count). The molecule has 10 heteroatoms. The number of amides is 1. The highest BCUT2D eigenvalue weighted by Crippen LogP contribution is 2.37. The van der Waals surface area contributed by atoms with Crippen LogP contribution >= 0.6 is 0 Å². The lowest BCUT2D eigenvalue weighted by Crippen LogP contribution is -2.51. The Morgan fingerprint density at radius 1 is 0.957 bits per heavy atom. The molecule has 3 saturated heterocycles. The summed E-state index contributed by atoms with van der Waals surface area (Å²) >= 11 is 0. The average molecular weight is 627 g/mol. The van der Waals surface area contributed by atoms with Crippen molar-refractivity contribution in [1.82, 2.24) is 25.5 Å². The molecule has 1 atom stereocenters. The first-order valence-corrected chi connectivity index (χ1v) is 17.1. The van der Waals surface area contributed by atoms with Gasteiger partial charge in [0.25, 0.3) is 0 Å². The van der Waals surface area contributed by atoms with Crippen molar-refractivity contribution >= 4 is 28.9 Å². The van der Waals surface area contributed by atoms with Crippen LogP contribution in [0.25, 0.3) is 0 Å². The average Bonchev–Trinajstić information content (AvgIpc) is 3.05. The van der Waals surface area contributed by atoms with Crippen LogP contribution < -0.4 is 25.8 Å². The number of nitrogens with one attached hydrogen (secondary N) is 3. The van der Waals surface area contributed by atoms with Crippen molar-refractivity contribution in [3.8, 4) is 0 Å². The van der Waals surface area contributed by atoms with Crippen molar-refractivity contribution in [3.63, 3.8) is 0 Å². The summed E-state index contributed by atoms with van der Waals surface area (Å²) in [6.45, 7) is 12.7. The number of piperidine rings is 2. The monoisotopic (exact) mass is 626 g/mol. The number of hydrogen-bond acceptors (Lipinski definition) is 8. The molecule has 0 bridgehead atoms. The third-order valence-corrected chi connectivity index (χ3v) is 10.5. The molecule has 5 heterocycles. The van der Waals surface area contributed by atoms with E-state index in [4.69, 9.17) is 4.98 Å². The summed E-state index contributed by atoms with van der Waals surface area (Å²) in [7, 11) is 0. The molecule has 3 aromatic rings. The van der Waals surface area contributed by atoms with E-state index in [0.29, 0.717) is 24.0 Å². The van der Waals surface area contributed by atoms with Gasteiger partial charge in [0, 0.05) is 87.8 Å². The lowest BCUT2D eigenvalue weighted by atomic mass is 9.76. The summed E-state index contributed by atoms with van der Waals surface area (Å²) in [5.41, 5.74) is 5.88. The Hall–Kier alpha value is -3.76. The van der Waals surface area contributed by atoms with Gasteiger partial charge in [-0.15, -0.1) is 0 Å². The van der Waals surface area contributed by atoms with Crippen molar-refractivity contribution in [2.24, 2.45) is 5.92 Å². The molecular weight excluding hydrogens is 579 g/mol. The van der Waals surface area contributed by atoms with Gasteiger partial charge in [-0.05, 0) is 99.5 Å². The summed E-state index contributed by atoms with van der Waals surface area (Å²) in [6, 6.07) is 14.3. The second-order valence-corrected chi connectivity index (χ2v) is 14.1. The molecule has 4 aliphatic rings. The molecule has 0 aliphatic carbocycles. The molecule has 1 unspecified atom stereocenters.